The second kappa shape index (κ2) is 4.90. The summed E-state index contributed by atoms with van der Waals surface area (Å²) in [6.45, 7) is 3.17. The summed E-state index contributed by atoms with van der Waals surface area (Å²) in [6, 6.07) is 3.75. The molecule has 0 amide bonds. The fourth-order valence-corrected chi connectivity index (χ4v) is 1.89. The van der Waals surface area contributed by atoms with Gasteiger partial charge in [-0.3, -0.25) is 0 Å². The second-order valence-corrected chi connectivity index (χ2v) is 5.38. The number of ether oxygens (including phenoxy) is 1. The third-order valence-electron chi connectivity index (χ3n) is 3.37. The van der Waals surface area contributed by atoms with Crippen LogP contribution in [0.15, 0.2) is 18.2 Å². The molecule has 0 bridgehead atoms. The van der Waals surface area contributed by atoms with Crippen LogP contribution in [0.5, 0.6) is 5.75 Å². The van der Waals surface area contributed by atoms with Gasteiger partial charge in [0, 0.05) is 6.42 Å². The Morgan fingerprint density at radius 3 is 2.35 bits per heavy atom. The number of alkyl halides is 5. The Balaban J connectivity index is 2.19. The Kier molecular flexibility index (Phi) is 3.69. The quantitative estimate of drug-likeness (QED) is 0.720. The van der Waals surface area contributed by atoms with Crippen LogP contribution in [0.1, 0.15) is 37.3 Å². The van der Waals surface area contributed by atoms with Crippen molar-refractivity contribution in [3.05, 3.63) is 29.3 Å². The fourth-order valence-electron chi connectivity index (χ4n) is 1.89. The Labute approximate surface area is 113 Å². The molecule has 1 atom stereocenters. The van der Waals surface area contributed by atoms with E-state index in [1.54, 1.807) is 13.8 Å². The van der Waals surface area contributed by atoms with Crippen LogP contribution in [0, 0.1) is 5.92 Å². The third-order valence-corrected chi connectivity index (χ3v) is 3.37. The molecule has 112 valence electrons. The van der Waals surface area contributed by atoms with Crippen LogP contribution in [-0.4, -0.2) is 12.5 Å². The van der Waals surface area contributed by atoms with E-state index >= 15 is 0 Å². The molecular weight excluding hydrogens is 279 g/mol. The molecule has 0 aromatic heterocycles. The third kappa shape index (κ3) is 3.22. The minimum Gasteiger partial charge on any atom is -0.492 e. The van der Waals surface area contributed by atoms with Crippen LogP contribution in [0.2, 0.25) is 0 Å². The molecule has 1 fully saturated rings. The first-order valence-electron chi connectivity index (χ1n) is 6.33. The molecule has 1 aliphatic carbocycles. The smallest absolute Gasteiger partial charge is 0.419 e. The van der Waals surface area contributed by atoms with Gasteiger partial charge >= 0.3 is 6.18 Å². The van der Waals surface area contributed by atoms with Gasteiger partial charge in [0.05, 0.1) is 18.1 Å². The number of rotatable bonds is 4. The summed E-state index contributed by atoms with van der Waals surface area (Å²) < 4.78 is 69.2. The lowest BCUT2D eigenvalue weighted by Gasteiger charge is -2.16. The van der Waals surface area contributed by atoms with Gasteiger partial charge in [0.25, 0.3) is 5.92 Å². The lowest BCUT2D eigenvalue weighted by atomic mass is 10.00. The first-order valence-corrected chi connectivity index (χ1v) is 6.33. The number of halogens is 5. The highest BCUT2D eigenvalue weighted by atomic mass is 19.4. The zero-order chi connectivity index (χ0) is 15.1. The van der Waals surface area contributed by atoms with Gasteiger partial charge in [-0.25, -0.2) is 8.78 Å². The molecular formula is C14H15F5O. The van der Waals surface area contributed by atoms with Gasteiger partial charge in [-0.15, -0.1) is 0 Å². The average molecular weight is 294 g/mol. The summed E-state index contributed by atoms with van der Waals surface area (Å²) >= 11 is 0. The van der Waals surface area contributed by atoms with Crippen molar-refractivity contribution in [2.24, 2.45) is 5.92 Å². The maximum atomic E-state index is 13.0. The highest BCUT2D eigenvalue weighted by Crippen LogP contribution is 2.49. The maximum absolute atomic E-state index is 13.0. The summed E-state index contributed by atoms with van der Waals surface area (Å²) in [6.07, 6.45) is -4.88. The number of hydrogen-bond donors (Lipinski definition) is 0. The summed E-state index contributed by atoms with van der Waals surface area (Å²) in [5, 5.41) is 0. The Hall–Kier alpha value is -1.33. The van der Waals surface area contributed by atoms with Gasteiger partial charge in [-0.05, 0) is 23.6 Å². The molecule has 0 saturated heterocycles. The van der Waals surface area contributed by atoms with E-state index in [9.17, 15) is 22.0 Å². The van der Waals surface area contributed by atoms with Crippen molar-refractivity contribution in [1.29, 1.82) is 0 Å². The molecule has 0 aliphatic heterocycles. The zero-order valence-electron chi connectivity index (χ0n) is 11.1. The molecule has 1 aromatic rings. The Morgan fingerprint density at radius 1 is 1.30 bits per heavy atom. The standard InChI is InChI=1S/C14H15F5O/c1-8(2)9-3-4-12(11(5-9)14(17,18)19)20-7-10-6-13(10,15)16/h3-5,8,10H,6-7H2,1-2H3. The van der Waals surface area contributed by atoms with Crippen LogP contribution < -0.4 is 4.74 Å². The van der Waals surface area contributed by atoms with E-state index in [1.807, 2.05) is 0 Å². The van der Waals surface area contributed by atoms with Crippen LogP contribution >= 0.6 is 0 Å². The minimum absolute atomic E-state index is 0.0575. The molecule has 1 nitrogen and oxygen atoms in total. The molecule has 6 heteroatoms. The first kappa shape index (κ1) is 15.1. The van der Waals surface area contributed by atoms with Gasteiger partial charge in [0.1, 0.15) is 5.75 Å². The van der Waals surface area contributed by atoms with Crippen molar-refractivity contribution >= 4 is 0 Å². The molecule has 2 rings (SSSR count). The van der Waals surface area contributed by atoms with Gasteiger partial charge in [-0.2, -0.15) is 13.2 Å². The number of hydrogen-bond acceptors (Lipinski definition) is 1. The second-order valence-electron chi connectivity index (χ2n) is 5.38. The highest BCUT2D eigenvalue weighted by Gasteiger charge is 2.57. The topological polar surface area (TPSA) is 9.23 Å². The average Bonchev–Trinajstić information content (AvgIpc) is 2.93. The molecule has 1 unspecified atom stereocenters. The van der Waals surface area contributed by atoms with Crippen LogP contribution in [0.4, 0.5) is 22.0 Å². The van der Waals surface area contributed by atoms with Gasteiger partial charge in [-0.1, -0.05) is 19.9 Å². The van der Waals surface area contributed by atoms with Crippen molar-refractivity contribution in [3.63, 3.8) is 0 Å². The Bertz CT molecular complexity index is 493. The van der Waals surface area contributed by atoms with E-state index in [-0.39, 0.29) is 18.1 Å². The normalized spacial score (nSPS) is 21.1. The summed E-state index contributed by atoms with van der Waals surface area (Å²) in [5.41, 5.74) is -0.380. The van der Waals surface area contributed by atoms with E-state index in [4.69, 9.17) is 4.74 Å². The van der Waals surface area contributed by atoms with Crippen molar-refractivity contribution in [1.82, 2.24) is 0 Å². The van der Waals surface area contributed by atoms with Crippen LogP contribution in [-0.2, 0) is 6.18 Å². The predicted octanol–water partition coefficient (Wildman–Crippen LogP) is 4.86. The van der Waals surface area contributed by atoms with E-state index in [1.165, 1.54) is 12.1 Å². The first-order chi connectivity index (χ1) is 9.11. The molecule has 0 spiro atoms. The molecule has 20 heavy (non-hydrogen) atoms. The predicted molar refractivity (Wildman–Crippen MR) is 64.1 cm³/mol. The molecule has 1 saturated carbocycles. The zero-order valence-corrected chi connectivity index (χ0v) is 11.1. The molecule has 1 aromatic carbocycles. The molecule has 0 heterocycles. The van der Waals surface area contributed by atoms with Crippen LogP contribution in [0.25, 0.3) is 0 Å². The lowest BCUT2D eigenvalue weighted by molar-refractivity contribution is -0.139. The van der Waals surface area contributed by atoms with E-state index < -0.39 is 30.2 Å². The van der Waals surface area contributed by atoms with Crippen molar-refractivity contribution in [2.45, 2.75) is 38.3 Å². The van der Waals surface area contributed by atoms with Gasteiger partial charge in [0.15, 0.2) is 0 Å². The highest BCUT2D eigenvalue weighted by molar-refractivity contribution is 5.40. The molecule has 1 aliphatic rings. The van der Waals surface area contributed by atoms with E-state index in [2.05, 4.69) is 0 Å². The minimum atomic E-state index is -4.56. The molecule has 0 radical (unpaired) electrons. The number of benzene rings is 1. The molecule has 0 N–H and O–H groups in total. The van der Waals surface area contributed by atoms with Crippen LogP contribution in [0.3, 0.4) is 0 Å². The summed E-state index contributed by atoms with van der Waals surface area (Å²) in [4.78, 5) is 0. The van der Waals surface area contributed by atoms with Crippen molar-refractivity contribution < 1.29 is 26.7 Å². The largest absolute Gasteiger partial charge is 0.492 e. The monoisotopic (exact) mass is 294 g/mol. The van der Waals surface area contributed by atoms with Gasteiger partial charge < -0.3 is 4.74 Å². The summed E-state index contributed by atoms with van der Waals surface area (Å²) in [7, 11) is 0. The van der Waals surface area contributed by atoms with E-state index in [0.29, 0.717) is 5.56 Å². The van der Waals surface area contributed by atoms with Crippen molar-refractivity contribution in [3.8, 4) is 5.75 Å². The van der Waals surface area contributed by atoms with Gasteiger partial charge in [0.2, 0.25) is 0 Å². The SMILES string of the molecule is CC(C)c1ccc(OCC2CC2(F)F)c(C(F)(F)F)c1. The summed E-state index contributed by atoms with van der Waals surface area (Å²) in [5.74, 6) is -4.22. The maximum Gasteiger partial charge on any atom is 0.419 e. The van der Waals surface area contributed by atoms with Crippen molar-refractivity contribution in [2.75, 3.05) is 6.61 Å². The van der Waals surface area contributed by atoms with E-state index in [0.717, 1.165) is 6.07 Å². The fraction of sp³-hybridized carbons (Fsp3) is 0.571. The Morgan fingerprint density at radius 2 is 1.90 bits per heavy atom. The lowest BCUT2D eigenvalue weighted by Crippen LogP contribution is -2.12.